The summed E-state index contributed by atoms with van der Waals surface area (Å²) in [4.78, 5) is 21.0. The molecule has 0 amide bonds. The van der Waals surface area contributed by atoms with Crippen LogP contribution in [0.1, 0.15) is 47.6 Å². The van der Waals surface area contributed by atoms with Gasteiger partial charge in [-0.3, -0.25) is 9.48 Å². The van der Waals surface area contributed by atoms with Crippen LogP contribution in [0.4, 0.5) is 11.6 Å². The summed E-state index contributed by atoms with van der Waals surface area (Å²) in [6.45, 7) is 1.95. The monoisotopic (exact) mass is 372 g/mol. The Balaban J connectivity index is 1.53. The van der Waals surface area contributed by atoms with Gasteiger partial charge in [0.15, 0.2) is 5.78 Å². The highest BCUT2D eigenvalue weighted by Crippen LogP contribution is 2.34. The van der Waals surface area contributed by atoms with Crippen LogP contribution in [-0.4, -0.2) is 25.5 Å². The molecular weight excluding hydrogens is 352 g/mol. The third-order valence-corrected chi connectivity index (χ3v) is 4.69. The van der Waals surface area contributed by atoms with E-state index in [-0.39, 0.29) is 18.6 Å². The van der Waals surface area contributed by atoms with Crippen molar-refractivity contribution in [1.29, 1.82) is 5.26 Å². The number of nitriles is 1. The van der Waals surface area contributed by atoms with E-state index in [0.29, 0.717) is 17.6 Å². The molecule has 0 unspecified atom stereocenters. The summed E-state index contributed by atoms with van der Waals surface area (Å²) in [5.41, 5.74) is 4.14. The van der Waals surface area contributed by atoms with Crippen LogP contribution in [0.25, 0.3) is 11.3 Å². The van der Waals surface area contributed by atoms with Gasteiger partial charge < -0.3 is 5.32 Å². The molecule has 7 heteroatoms. The largest absolute Gasteiger partial charge is 0.321 e. The first-order chi connectivity index (χ1) is 13.6. The average Bonchev–Trinajstić information content (AvgIpc) is 3.47. The third kappa shape index (κ3) is 3.91. The van der Waals surface area contributed by atoms with E-state index in [2.05, 4.69) is 20.4 Å². The number of benzene rings is 1. The van der Waals surface area contributed by atoms with E-state index in [1.165, 1.54) is 12.8 Å². The number of nitrogens with zero attached hydrogens (tertiary/aromatic N) is 5. The molecule has 0 bridgehead atoms. The first kappa shape index (κ1) is 17.9. The molecule has 0 spiro atoms. The van der Waals surface area contributed by atoms with Gasteiger partial charge in [0, 0.05) is 36.4 Å². The molecule has 0 aliphatic heterocycles. The predicted molar refractivity (Wildman–Crippen MR) is 105 cm³/mol. The highest BCUT2D eigenvalue weighted by Gasteiger charge is 2.24. The summed E-state index contributed by atoms with van der Waals surface area (Å²) in [7, 11) is 0. The number of nitrogens with one attached hydrogen (secondary N) is 1. The molecule has 1 fully saturated rings. The smallest absolute Gasteiger partial charge is 0.227 e. The van der Waals surface area contributed by atoms with Gasteiger partial charge >= 0.3 is 0 Å². The minimum atomic E-state index is -0.0254. The van der Waals surface area contributed by atoms with E-state index in [9.17, 15) is 4.79 Å². The van der Waals surface area contributed by atoms with Crippen molar-refractivity contribution in [1.82, 2.24) is 19.7 Å². The number of anilines is 2. The van der Waals surface area contributed by atoms with E-state index < -0.39 is 0 Å². The molecule has 1 aliphatic rings. The number of hydrogen-bond acceptors (Lipinski definition) is 6. The second-order valence-corrected chi connectivity index (χ2v) is 6.95. The Morgan fingerprint density at radius 1 is 1.29 bits per heavy atom. The Morgan fingerprint density at radius 3 is 2.79 bits per heavy atom. The van der Waals surface area contributed by atoms with Gasteiger partial charge in [-0.2, -0.15) is 10.4 Å². The molecule has 140 valence electrons. The van der Waals surface area contributed by atoms with Crippen molar-refractivity contribution in [3.05, 3.63) is 54.0 Å². The van der Waals surface area contributed by atoms with Crippen molar-refractivity contribution >= 4 is 17.4 Å². The zero-order chi connectivity index (χ0) is 19.5. The number of hydrogen-bond donors (Lipinski definition) is 1. The van der Waals surface area contributed by atoms with Crippen molar-refractivity contribution in [3.63, 3.8) is 0 Å². The molecule has 4 rings (SSSR count). The fourth-order valence-corrected chi connectivity index (χ4v) is 2.99. The minimum Gasteiger partial charge on any atom is -0.321 e. The summed E-state index contributed by atoms with van der Waals surface area (Å²) in [5, 5.41) is 16.2. The topological polar surface area (TPSA) is 96.5 Å². The molecule has 1 aromatic carbocycles. The first-order valence-corrected chi connectivity index (χ1v) is 9.29. The van der Waals surface area contributed by atoms with Crippen LogP contribution in [0.15, 0.2) is 42.9 Å². The Labute approximate surface area is 163 Å². The summed E-state index contributed by atoms with van der Waals surface area (Å²) in [5.74, 6) is 0.479. The molecule has 0 radical (unpaired) electrons. The first-order valence-electron chi connectivity index (χ1n) is 9.29. The molecule has 7 nitrogen and oxygen atoms in total. The second kappa shape index (κ2) is 7.61. The summed E-state index contributed by atoms with van der Waals surface area (Å²) < 4.78 is 1.97. The predicted octanol–water partition coefficient (Wildman–Crippen LogP) is 4.21. The maximum Gasteiger partial charge on any atom is 0.227 e. The summed E-state index contributed by atoms with van der Waals surface area (Å²) in [6, 6.07) is 9.85. The lowest BCUT2D eigenvalue weighted by molar-refractivity contribution is 0.0984. The van der Waals surface area contributed by atoms with Gasteiger partial charge in [-0.1, -0.05) is 24.3 Å². The molecule has 1 aliphatic carbocycles. The van der Waals surface area contributed by atoms with Crippen molar-refractivity contribution < 1.29 is 4.79 Å². The van der Waals surface area contributed by atoms with Crippen LogP contribution >= 0.6 is 0 Å². The molecule has 0 saturated heterocycles. The van der Waals surface area contributed by atoms with Gasteiger partial charge in [-0.25, -0.2) is 9.97 Å². The molecule has 2 heterocycles. The van der Waals surface area contributed by atoms with E-state index in [4.69, 9.17) is 5.26 Å². The van der Waals surface area contributed by atoms with Crippen LogP contribution in [0, 0.1) is 18.3 Å². The molecule has 1 saturated carbocycles. The number of Topliss-reactive ketones (excluding diaryl/α,β-unsaturated/α-hetero) is 1. The molecule has 2 aromatic heterocycles. The van der Waals surface area contributed by atoms with E-state index >= 15 is 0 Å². The van der Waals surface area contributed by atoms with Gasteiger partial charge in [-0.05, 0) is 25.3 Å². The van der Waals surface area contributed by atoms with Crippen molar-refractivity contribution in [2.45, 2.75) is 38.6 Å². The molecule has 1 N–H and O–H groups in total. The lowest BCUT2D eigenvalue weighted by atomic mass is 10.0. The quantitative estimate of drug-likeness (QED) is 0.624. The van der Waals surface area contributed by atoms with Gasteiger partial charge in [-0.15, -0.1) is 0 Å². The maximum absolute atomic E-state index is 12.0. The third-order valence-electron chi connectivity index (χ3n) is 4.69. The van der Waals surface area contributed by atoms with Crippen LogP contribution in [-0.2, 0) is 0 Å². The zero-order valence-electron chi connectivity index (χ0n) is 15.6. The highest BCUT2D eigenvalue weighted by atomic mass is 16.1. The molecular formula is C21H20N6O. The lowest BCUT2D eigenvalue weighted by Gasteiger charge is -2.09. The van der Waals surface area contributed by atoms with E-state index in [0.717, 1.165) is 22.5 Å². The van der Waals surface area contributed by atoms with Crippen molar-refractivity contribution in [2.24, 2.45) is 0 Å². The van der Waals surface area contributed by atoms with Crippen LogP contribution < -0.4 is 5.32 Å². The van der Waals surface area contributed by atoms with Gasteiger partial charge in [0.05, 0.1) is 29.7 Å². The number of aromatic nitrogens is 4. The standard InChI is InChI=1S/C21H20N6O/c1-14-11-23-21(25-17-12-24-27(13-17)18-8-9-18)26-20(14)16-6-4-15(5-7-16)19(28)3-2-10-22/h4-7,11-13,18H,2-3,8-9H2,1H3,(H,23,25,26). The maximum atomic E-state index is 12.0. The van der Waals surface area contributed by atoms with Gasteiger partial charge in [0.25, 0.3) is 0 Å². The second-order valence-electron chi connectivity index (χ2n) is 6.95. The normalized spacial score (nSPS) is 13.1. The Morgan fingerprint density at radius 2 is 2.07 bits per heavy atom. The number of carbonyl (C=O) groups excluding carboxylic acids is 1. The lowest BCUT2D eigenvalue weighted by Crippen LogP contribution is -2.01. The Kier molecular flexibility index (Phi) is 4.85. The number of ketones is 1. The molecule has 28 heavy (non-hydrogen) atoms. The summed E-state index contributed by atoms with van der Waals surface area (Å²) in [6.07, 6.45) is 8.37. The van der Waals surface area contributed by atoms with Crippen LogP contribution in [0.2, 0.25) is 0 Å². The number of carbonyl (C=O) groups is 1. The summed E-state index contributed by atoms with van der Waals surface area (Å²) >= 11 is 0. The SMILES string of the molecule is Cc1cnc(Nc2cnn(C3CC3)c2)nc1-c1ccc(C(=O)CCC#N)cc1. The van der Waals surface area contributed by atoms with Crippen molar-refractivity contribution in [2.75, 3.05) is 5.32 Å². The molecule has 3 aromatic rings. The van der Waals surface area contributed by atoms with Crippen LogP contribution in [0.3, 0.4) is 0 Å². The number of aryl methyl sites for hydroxylation is 1. The van der Waals surface area contributed by atoms with Gasteiger partial charge in [0.2, 0.25) is 5.95 Å². The Bertz CT molecular complexity index is 1040. The van der Waals surface area contributed by atoms with E-state index in [1.54, 1.807) is 24.5 Å². The highest BCUT2D eigenvalue weighted by molar-refractivity contribution is 5.96. The fraction of sp³-hybridized carbons (Fsp3) is 0.286. The average molecular weight is 372 g/mol. The van der Waals surface area contributed by atoms with E-state index in [1.807, 2.05) is 36.0 Å². The number of rotatable bonds is 7. The van der Waals surface area contributed by atoms with Gasteiger partial charge in [0.1, 0.15) is 0 Å². The molecule has 0 atom stereocenters. The van der Waals surface area contributed by atoms with Crippen LogP contribution in [0.5, 0.6) is 0 Å². The van der Waals surface area contributed by atoms with Crippen molar-refractivity contribution in [3.8, 4) is 17.3 Å². The zero-order valence-corrected chi connectivity index (χ0v) is 15.6. The minimum absolute atomic E-state index is 0.0254. The Hall–Kier alpha value is -3.53. The fourth-order valence-electron chi connectivity index (χ4n) is 2.99.